The highest BCUT2D eigenvalue weighted by molar-refractivity contribution is 9.10. The largest absolute Gasteiger partial charge is 0.273 e. The van der Waals surface area contributed by atoms with Crippen molar-refractivity contribution < 1.29 is 4.79 Å². The van der Waals surface area contributed by atoms with E-state index in [4.69, 9.17) is 0 Å². The van der Waals surface area contributed by atoms with Gasteiger partial charge in [-0.2, -0.15) is 5.10 Å². The van der Waals surface area contributed by atoms with Crippen molar-refractivity contribution in [3.8, 4) is 0 Å². The third-order valence-electron chi connectivity index (χ3n) is 3.58. The molecule has 1 aromatic heterocycles. The first-order chi connectivity index (χ1) is 11.1. The number of hydrazone groups is 1. The van der Waals surface area contributed by atoms with Gasteiger partial charge in [0, 0.05) is 9.35 Å². The molecule has 3 rings (SSSR count). The molecule has 0 radical (unpaired) electrons. The second-order valence-corrected chi connectivity index (χ2v) is 6.99. The predicted molar refractivity (Wildman–Crippen MR) is 100 cm³/mol. The molecule has 0 aliphatic rings. The lowest BCUT2D eigenvalue weighted by Gasteiger charge is -2.07. The van der Waals surface area contributed by atoms with Crippen LogP contribution in [0.1, 0.15) is 16.0 Å². The Morgan fingerprint density at radius 2 is 2.00 bits per heavy atom. The molecule has 1 heterocycles. The number of carbonyl (C=O) groups excluding carboxylic acids is 1. The van der Waals surface area contributed by atoms with Crippen LogP contribution in [-0.4, -0.2) is 12.1 Å². The number of nitrogens with zero attached hydrogens (tertiary/aromatic N) is 1. The number of hydrogen-bond acceptors (Lipinski definition) is 3. The number of thiophene rings is 1. The average molecular weight is 387 g/mol. The van der Waals surface area contributed by atoms with Gasteiger partial charge in [-0.05, 0) is 46.3 Å². The fraction of sp³-hybridized carbons (Fsp3) is 0.111. The van der Waals surface area contributed by atoms with Crippen LogP contribution in [0.5, 0.6) is 0 Å². The van der Waals surface area contributed by atoms with Gasteiger partial charge in [0.25, 0.3) is 0 Å². The molecule has 23 heavy (non-hydrogen) atoms. The van der Waals surface area contributed by atoms with Gasteiger partial charge < -0.3 is 0 Å². The van der Waals surface area contributed by atoms with Gasteiger partial charge in [0.1, 0.15) is 0 Å². The van der Waals surface area contributed by atoms with Crippen molar-refractivity contribution in [1.29, 1.82) is 0 Å². The van der Waals surface area contributed by atoms with Gasteiger partial charge in [-0.15, -0.1) is 11.3 Å². The Morgan fingerprint density at radius 3 is 2.74 bits per heavy atom. The summed E-state index contributed by atoms with van der Waals surface area (Å²) >= 11 is 5.15. The van der Waals surface area contributed by atoms with Gasteiger partial charge in [-0.1, -0.05) is 46.3 Å². The number of benzene rings is 2. The van der Waals surface area contributed by atoms with Gasteiger partial charge in [-0.3, -0.25) is 4.79 Å². The fourth-order valence-electron chi connectivity index (χ4n) is 2.37. The van der Waals surface area contributed by atoms with Gasteiger partial charge in [0.15, 0.2) is 0 Å². The molecule has 0 saturated heterocycles. The second-order valence-electron chi connectivity index (χ2n) is 5.19. The van der Waals surface area contributed by atoms with E-state index in [1.54, 1.807) is 17.6 Å². The van der Waals surface area contributed by atoms with E-state index in [9.17, 15) is 4.79 Å². The fourth-order valence-corrected chi connectivity index (χ4v) is 3.64. The Bertz CT molecular complexity index is 886. The molecular weight excluding hydrogens is 372 g/mol. The van der Waals surface area contributed by atoms with Crippen LogP contribution >= 0.6 is 27.3 Å². The average Bonchev–Trinajstić information content (AvgIpc) is 2.96. The zero-order valence-electron chi connectivity index (χ0n) is 12.5. The molecule has 3 aromatic rings. The molecule has 116 valence electrons. The molecule has 0 saturated carbocycles. The van der Waals surface area contributed by atoms with Crippen molar-refractivity contribution in [3.63, 3.8) is 0 Å². The molecule has 0 atom stereocenters. The van der Waals surface area contributed by atoms with E-state index in [0.29, 0.717) is 6.42 Å². The lowest BCUT2D eigenvalue weighted by atomic mass is 10.0. The van der Waals surface area contributed by atoms with Gasteiger partial charge in [-0.25, -0.2) is 5.43 Å². The number of halogens is 1. The van der Waals surface area contributed by atoms with Crippen LogP contribution in [0.3, 0.4) is 0 Å². The Balaban J connectivity index is 1.72. The molecule has 0 fully saturated rings. The maximum Gasteiger partial charge on any atom is 0.244 e. The summed E-state index contributed by atoms with van der Waals surface area (Å²) in [5, 5.41) is 8.24. The zero-order chi connectivity index (χ0) is 16.2. The van der Waals surface area contributed by atoms with Crippen molar-refractivity contribution in [2.45, 2.75) is 13.3 Å². The summed E-state index contributed by atoms with van der Waals surface area (Å²) in [6.45, 7) is 2.02. The smallest absolute Gasteiger partial charge is 0.244 e. The number of amides is 1. The van der Waals surface area contributed by atoms with Gasteiger partial charge >= 0.3 is 0 Å². The predicted octanol–water partition coefficient (Wildman–Crippen LogP) is 4.67. The molecule has 0 aliphatic heterocycles. The van der Waals surface area contributed by atoms with Gasteiger partial charge in [0.2, 0.25) is 5.91 Å². The van der Waals surface area contributed by atoms with Crippen molar-refractivity contribution in [2.75, 3.05) is 0 Å². The van der Waals surface area contributed by atoms with E-state index in [-0.39, 0.29) is 5.91 Å². The minimum absolute atomic E-state index is 0.122. The maximum absolute atomic E-state index is 12.1. The molecule has 3 nitrogen and oxygen atoms in total. The summed E-state index contributed by atoms with van der Waals surface area (Å²) in [4.78, 5) is 13.2. The van der Waals surface area contributed by atoms with E-state index in [1.165, 1.54) is 0 Å². The standard InChI is InChI=1S/C18H15BrN2OS/c1-12-8-9-23-17(12)11-20-21-18(22)10-13-6-7-16(19)15-5-3-2-4-14(13)15/h2-9,11H,10H2,1H3,(H,21,22). The summed E-state index contributed by atoms with van der Waals surface area (Å²) in [6, 6.07) is 14.0. The third-order valence-corrected chi connectivity index (χ3v) is 5.23. The SMILES string of the molecule is Cc1ccsc1C=NNC(=O)Cc1ccc(Br)c2ccccc12. The molecule has 0 spiro atoms. The first-order valence-corrected chi connectivity index (χ1v) is 8.84. The van der Waals surface area contributed by atoms with Crippen LogP contribution in [0.25, 0.3) is 10.8 Å². The van der Waals surface area contributed by atoms with E-state index in [0.717, 1.165) is 31.2 Å². The molecule has 5 heteroatoms. The van der Waals surface area contributed by atoms with Crippen LogP contribution in [-0.2, 0) is 11.2 Å². The molecule has 1 amide bonds. The first-order valence-electron chi connectivity index (χ1n) is 7.17. The zero-order valence-corrected chi connectivity index (χ0v) is 14.9. The maximum atomic E-state index is 12.1. The highest BCUT2D eigenvalue weighted by Crippen LogP contribution is 2.27. The lowest BCUT2D eigenvalue weighted by molar-refractivity contribution is -0.120. The molecule has 1 N–H and O–H groups in total. The van der Waals surface area contributed by atoms with E-state index in [2.05, 4.69) is 26.5 Å². The van der Waals surface area contributed by atoms with Crippen LogP contribution < -0.4 is 5.43 Å². The first kappa shape index (κ1) is 15.9. The molecular formula is C18H15BrN2OS. The quantitative estimate of drug-likeness (QED) is 0.513. The lowest BCUT2D eigenvalue weighted by Crippen LogP contribution is -2.19. The Hall–Kier alpha value is -1.98. The monoisotopic (exact) mass is 386 g/mol. The summed E-state index contributed by atoms with van der Waals surface area (Å²) in [6.07, 6.45) is 1.99. The topological polar surface area (TPSA) is 41.5 Å². The van der Waals surface area contributed by atoms with Crippen molar-refractivity contribution in [3.05, 3.63) is 68.3 Å². The summed E-state index contributed by atoms with van der Waals surface area (Å²) < 4.78 is 1.03. The molecule has 0 aliphatic carbocycles. The highest BCUT2D eigenvalue weighted by Gasteiger charge is 2.08. The number of nitrogens with one attached hydrogen (secondary N) is 1. The number of carbonyl (C=O) groups is 1. The van der Waals surface area contributed by atoms with E-state index >= 15 is 0 Å². The normalized spacial score (nSPS) is 11.2. The third kappa shape index (κ3) is 3.68. The number of aryl methyl sites for hydroxylation is 1. The highest BCUT2D eigenvalue weighted by atomic mass is 79.9. The Labute approximate surface area is 147 Å². The van der Waals surface area contributed by atoms with Crippen molar-refractivity contribution in [1.82, 2.24) is 5.43 Å². The molecule has 0 unspecified atom stereocenters. The summed E-state index contributed by atoms with van der Waals surface area (Å²) in [5.41, 5.74) is 4.75. The second kappa shape index (κ2) is 7.06. The Kier molecular flexibility index (Phi) is 4.88. The molecule has 0 bridgehead atoms. The van der Waals surface area contributed by atoms with Crippen molar-refractivity contribution >= 4 is 50.2 Å². The van der Waals surface area contributed by atoms with Crippen LogP contribution in [0.15, 0.2) is 57.4 Å². The van der Waals surface area contributed by atoms with Crippen LogP contribution in [0, 0.1) is 6.92 Å². The van der Waals surface area contributed by atoms with Crippen LogP contribution in [0.4, 0.5) is 0 Å². The van der Waals surface area contributed by atoms with Gasteiger partial charge in [0.05, 0.1) is 12.6 Å². The minimum Gasteiger partial charge on any atom is -0.273 e. The van der Waals surface area contributed by atoms with Crippen molar-refractivity contribution in [2.24, 2.45) is 5.10 Å². The molecule has 2 aromatic carbocycles. The summed E-state index contributed by atoms with van der Waals surface area (Å²) in [5.74, 6) is -0.122. The Morgan fingerprint density at radius 1 is 1.22 bits per heavy atom. The van der Waals surface area contributed by atoms with E-state index in [1.807, 2.05) is 54.8 Å². The van der Waals surface area contributed by atoms with Crippen LogP contribution in [0.2, 0.25) is 0 Å². The van der Waals surface area contributed by atoms with E-state index < -0.39 is 0 Å². The summed E-state index contributed by atoms with van der Waals surface area (Å²) in [7, 11) is 0. The number of hydrogen-bond donors (Lipinski definition) is 1. The number of rotatable bonds is 4. The minimum atomic E-state index is -0.122. The number of fused-ring (bicyclic) bond motifs is 1.